The Morgan fingerprint density at radius 2 is 2.06 bits per heavy atom. The van der Waals surface area contributed by atoms with Gasteiger partial charge in [-0.05, 0) is 30.5 Å². The highest BCUT2D eigenvalue weighted by atomic mass is 32.2. The molecular formula is C14H17NO2S. The van der Waals surface area contributed by atoms with Crippen LogP contribution in [0.4, 0.5) is 0 Å². The zero-order chi connectivity index (χ0) is 13.1. The first-order valence-electron chi connectivity index (χ1n) is 5.89. The van der Waals surface area contributed by atoms with E-state index in [9.17, 15) is 5.11 Å². The molecule has 0 saturated heterocycles. The van der Waals surface area contributed by atoms with Crippen molar-refractivity contribution in [3.63, 3.8) is 0 Å². The summed E-state index contributed by atoms with van der Waals surface area (Å²) in [5.41, 5.74) is 0. The van der Waals surface area contributed by atoms with Crippen LogP contribution < -0.4 is 4.74 Å². The molecule has 0 aliphatic rings. The van der Waals surface area contributed by atoms with Gasteiger partial charge in [-0.15, -0.1) is 11.8 Å². The number of thioether (sulfide) groups is 1. The van der Waals surface area contributed by atoms with Gasteiger partial charge in [0.15, 0.2) is 0 Å². The summed E-state index contributed by atoms with van der Waals surface area (Å²) in [4.78, 5) is 4.40. The molecule has 1 N–H and O–H groups in total. The lowest BCUT2D eigenvalue weighted by molar-refractivity contribution is 0.196. The third kappa shape index (κ3) is 2.76. The van der Waals surface area contributed by atoms with Crippen LogP contribution in [-0.2, 0) is 0 Å². The van der Waals surface area contributed by atoms with Crippen molar-refractivity contribution in [1.82, 2.24) is 4.98 Å². The Morgan fingerprint density at radius 1 is 1.28 bits per heavy atom. The first kappa shape index (κ1) is 13.2. The number of aliphatic hydroxyl groups excluding tert-OH is 1. The van der Waals surface area contributed by atoms with E-state index in [0.29, 0.717) is 0 Å². The predicted molar refractivity (Wildman–Crippen MR) is 75.3 cm³/mol. The molecule has 2 atom stereocenters. The van der Waals surface area contributed by atoms with E-state index in [4.69, 9.17) is 4.74 Å². The average molecular weight is 263 g/mol. The number of fused-ring (bicyclic) bond motifs is 1. The Kier molecular flexibility index (Phi) is 4.09. The van der Waals surface area contributed by atoms with Crippen LogP contribution in [-0.4, -0.2) is 28.6 Å². The molecule has 0 aliphatic carbocycles. The third-order valence-electron chi connectivity index (χ3n) is 2.91. The number of rotatable bonds is 4. The van der Waals surface area contributed by atoms with Crippen molar-refractivity contribution >= 4 is 22.5 Å². The molecule has 0 bridgehead atoms. The summed E-state index contributed by atoms with van der Waals surface area (Å²) in [7, 11) is 1.66. The SMILES string of the molecule is COc1ccc2ccnc(SC(C)C(C)O)c2c1. The molecular weight excluding hydrogens is 246 g/mol. The molecule has 0 radical (unpaired) electrons. The molecule has 0 aliphatic heterocycles. The summed E-state index contributed by atoms with van der Waals surface area (Å²) < 4.78 is 5.24. The summed E-state index contributed by atoms with van der Waals surface area (Å²) in [5.74, 6) is 0.821. The number of pyridine rings is 1. The summed E-state index contributed by atoms with van der Waals surface area (Å²) >= 11 is 1.58. The largest absolute Gasteiger partial charge is 0.497 e. The molecule has 1 heterocycles. The number of benzene rings is 1. The minimum absolute atomic E-state index is 0.106. The van der Waals surface area contributed by atoms with E-state index in [2.05, 4.69) is 4.98 Å². The quantitative estimate of drug-likeness (QED) is 0.861. The number of aromatic nitrogens is 1. The topological polar surface area (TPSA) is 42.4 Å². The van der Waals surface area contributed by atoms with Gasteiger partial charge in [-0.1, -0.05) is 13.0 Å². The fourth-order valence-electron chi connectivity index (χ4n) is 1.62. The van der Waals surface area contributed by atoms with Crippen LogP contribution in [0.1, 0.15) is 13.8 Å². The molecule has 4 heteroatoms. The van der Waals surface area contributed by atoms with Crippen LogP contribution in [0.25, 0.3) is 10.8 Å². The van der Waals surface area contributed by atoms with Crippen molar-refractivity contribution < 1.29 is 9.84 Å². The number of aliphatic hydroxyl groups is 1. The van der Waals surface area contributed by atoms with Gasteiger partial charge >= 0.3 is 0 Å². The zero-order valence-electron chi connectivity index (χ0n) is 10.8. The molecule has 2 rings (SSSR count). The van der Waals surface area contributed by atoms with E-state index in [1.54, 1.807) is 32.0 Å². The summed E-state index contributed by atoms with van der Waals surface area (Å²) in [6, 6.07) is 7.92. The highest BCUT2D eigenvalue weighted by Crippen LogP contribution is 2.32. The second-order valence-electron chi connectivity index (χ2n) is 4.27. The molecule has 96 valence electrons. The maximum absolute atomic E-state index is 9.58. The first-order chi connectivity index (χ1) is 8.61. The summed E-state index contributed by atoms with van der Waals surface area (Å²) in [6.07, 6.45) is 1.43. The third-order valence-corrected chi connectivity index (χ3v) is 4.23. The van der Waals surface area contributed by atoms with E-state index >= 15 is 0 Å². The Labute approximate surface area is 111 Å². The van der Waals surface area contributed by atoms with Gasteiger partial charge < -0.3 is 9.84 Å². The van der Waals surface area contributed by atoms with Crippen molar-refractivity contribution in [2.75, 3.05) is 7.11 Å². The normalized spacial score (nSPS) is 14.4. The van der Waals surface area contributed by atoms with Gasteiger partial charge in [0.05, 0.1) is 13.2 Å². The highest BCUT2D eigenvalue weighted by molar-refractivity contribution is 8.00. The fraction of sp³-hybridized carbons (Fsp3) is 0.357. The van der Waals surface area contributed by atoms with E-state index in [1.807, 2.05) is 31.2 Å². The fourth-order valence-corrected chi connectivity index (χ4v) is 2.59. The average Bonchev–Trinajstić information content (AvgIpc) is 2.38. The lowest BCUT2D eigenvalue weighted by atomic mass is 10.2. The van der Waals surface area contributed by atoms with Gasteiger partial charge in [0, 0.05) is 16.8 Å². The first-order valence-corrected chi connectivity index (χ1v) is 6.77. The van der Waals surface area contributed by atoms with Crippen LogP contribution in [0.2, 0.25) is 0 Å². The van der Waals surface area contributed by atoms with Crippen LogP contribution in [0.15, 0.2) is 35.5 Å². The molecule has 2 aromatic rings. The van der Waals surface area contributed by atoms with Gasteiger partial charge in [-0.25, -0.2) is 4.98 Å². The Bertz CT molecular complexity index is 542. The van der Waals surface area contributed by atoms with E-state index in [-0.39, 0.29) is 11.4 Å². The van der Waals surface area contributed by atoms with Crippen molar-refractivity contribution in [3.05, 3.63) is 30.5 Å². The van der Waals surface area contributed by atoms with E-state index < -0.39 is 0 Å². The van der Waals surface area contributed by atoms with Crippen molar-refractivity contribution in [3.8, 4) is 5.75 Å². The molecule has 2 unspecified atom stereocenters. The zero-order valence-corrected chi connectivity index (χ0v) is 11.6. The number of hydrogen-bond acceptors (Lipinski definition) is 4. The maximum atomic E-state index is 9.58. The second-order valence-corrected chi connectivity index (χ2v) is 5.63. The molecule has 0 spiro atoms. The van der Waals surface area contributed by atoms with E-state index in [1.165, 1.54) is 0 Å². The minimum Gasteiger partial charge on any atom is -0.497 e. The Morgan fingerprint density at radius 3 is 2.72 bits per heavy atom. The van der Waals surface area contributed by atoms with Gasteiger partial charge in [0.25, 0.3) is 0 Å². The Hall–Kier alpha value is -1.26. The van der Waals surface area contributed by atoms with Gasteiger partial charge in [-0.3, -0.25) is 0 Å². The van der Waals surface area contributed by atoms with Crippen LogP contribution >= 0.6 is 11.8 Å². The maximum Gasteiger partial charge on any atom is 0.119 e. The van der Waals surface area contributed by atoms with Gasteiger partial charge in [0.2, 0.25) is 0 Å². The molecule has 1 aromatic heterocycles. The molecule has 0 fully saturated rings. The minimum atomic E-state index is -0.363. The number of ether oxygens (including phenoxy) is 1. The molecule has 0 saturated carbocycles. The smallest absolute Gasteiger partial charge is 0.119 e. The predicted octanol–water partition coefficient (Wildman–Crippen LogP) is 3.10. The lowest BCUT2D eigenvalue weighted by Crippen LogP contribution is -2.15. The van der Waals surface area contributed by atoms with Gasteiger partial charge in [0.1, 0.15) is 10.8 Å². The molecule has 3 nitrogen and oxygen atoms in total. The van der Waals surface area contributed by atoms with Crippen molar-refractivity contribution in [2.24, 2.45) is 0 Å². The van der Waals surface area contributed by atoms with Crippen molar-refractivity contribution in [2.45, 2.75) is 30.2 Å². The number of methoxy groups -OCH3 is 1. The summed E-state index contributed by atoms with van der Waals surface area (Å²) in [5, 5.41) is 12.8. The van der Waals surface area contributed by atoms with Crippen molar-refractivity contribution in [1.29, 1.82) is 0 Å². The highest BCUT2D eigenvalue weighted by Gasteiger charge is 2.13. The molecule has 1 aromatic carbocycles. The van der Waals surface area contributed by atoms with Crippen LogP contribution in [0, 0.1) is 0 Å². The monoisotopic (exact) mass is 263 g/mol. The lowest BCUT2D eigenvalue weighted by Gasteiger charge is -2.14. The van der Waals surface area contributed by atoms with Crippen LogP contribution in [0.3, 0.4) is 0 Å². The summed E-state index contributed by atoms with van der Waals surface area (Å²) in [6.45, 7) is 3.79. The van der Waals surface area contributed by atoms with Crippen LogP contribution in [0.5, 0.6) is 5.75 Å². The molecule has 18 heavy (non-hydrogen) atoms. The standard InChI is InChI=1S/C14H17NO2S/c1-9(16)10(2)18-14-13-8-12(17-3)5-4-11(13)6-7-15-14/h4-10,16H,1-3H3. The number of hydrogen-bond donors (Lipinski definition) is 1. The number of nitrogens with zero attached hydrogens (tertiary/aromatic N) is 1. The molecule has 0 amide bonds. The van der Waals surface area contributed by atoms with Gasteiger partial charge in [-0.2, -0.15) is 0 Å². The second kappa shape index (κ2) is 5.59. The van der Waals surface area contributed by atoms with E-state index in [0.717, 1.165) is 21.5 Å². The Balaban J connectivity index is 2.43.